The Bertz CT molecular complexity index is 754. The number of nitrogens with zero attached hydrogens (tertiary/aromatic N) is 1. The Morgan fingerprint density at radius 3 is 2.65 bits per heavy atom. The minimum atomic E-state index is -0.237. The summed E-state index contributed by atoms with van der Waals surface area (Å²) in [6.07, 6.45) is 0. The Hall–Kier alpha value is -1.84. The lowest BCUT2D eigenvalue weighted by molar-refractivity contribution is -0.110. The van der Waals surface area contributed by atoms with Gasteiger partial charge in [0, 0.05) is 15.6 Å². The topological polar surface area (TPSA) is 41.5 Å². The molecule has 0 bridgehead atoms. The van der Waals surface area contributed by atoms with Gasteiger partial charge < -0.3 is 5.32 Å². The number of hydrogen-bond acceptors (Lipinski definition) is 2. The predicted molar refractivity (Wildman–Crippen MR) is 82.5 cm³/mol. The Balaban J connectivity index is 2.10. The van der Waals surface area contributed by atoms with Crippen LogP contribution in [0, 0.1) is 6.92 Å². The van der Waals surface area contributed by atoms with Gasteiger partial charge in [-0.1, -0.05) is 29.3 Å². The van der Waals surface area contributed by atoms with Gasteiger partial charge in [0.25, 0.3) is 5.91 Å². The van der Waals surface area contributed by atoms with E-state index in [9.17, 15) is 4.79 Å². The van der Waals surface area contributed by atoms with Crippen LogP contribution in [0.2, 0.25) is 10.0 Å². The molecule has 1 N–H and O–H groups in total. The summed E-state index contributed by atoms with van der Waals surface area (Å²) >= 11 is 12.0. The summed E-state index contributed by atoms with van der Waals surface area (Å²) in [7, 11) is 0. The summed E-state index contributed by atoms with van der Waals surface area (Å²) in [5.41, 5.74) is 3.38. The predicted octanol–water partition coefficient (Wildman–Crippen LogP) is 4.37. The first-order valence-electron chi connectivity index (χ1n) is 6.01. The van der Waals surface area contributed by atoms with E-state index in [1.54, 1.807) is 24.3 Å². The first kappa shape index (κ1) is 13.2. The number of carbonyl (C=O) groups is 1. The van der Waals surface area contributed by atoms with Gasteiger partial charge in [-0.15, -0.1) is 0 Å². The highest BCUT2D eigenvalue weighted by atomic mass is 35.5. The fourth-order valence-electron chi connectivity index (χ4n) is 2.02. The number of aryl methyl sites for hydroxylation is 1. The molecule has 5 heteroatoms. The zero-order chi connectivity index (χ0) is 14.3. The highest BCUT2D eigenvalue weighted by Gasteiger charge is 2.26. The lowest BCUT2D eigenvalue weighted by atomic mass is 10.1. The van der Waals surface area contributed by atoms with Crippen molar-refractivity contribution in [3.05, 3.63) is 57.6 Å². The zero-order valence-electron chi connectivity index (χ0n) is 10.6. The van der Waals surface area contributed by atoms with Crippen LogP contribution in [0.25, 0.3) is 0 Å². The number of fused-ring (bicyclic) bond motifs is 1. The molecular weight excluding hydrogens is 295 g/mol. The molecule has 3 rings (SSSR count). The number of nitrogens with one attached hydrogen (secondary N) is 1. The van der Waals surface area contributed by atoms with Crippen molar-refractivity contribution in [2.24, 2.45) is 4.99 Å². The molecule has 2 aromatic carbocycles. The number of benzene rings is 2. The van der Waals surface area contributed by atoms with Gasteiger partial charge in [0.05, 0.1) is 11.4 Å². The summed E-state index contributed by atoms with van der Waals surface area (Å²) in [5, 5.41) is 3.95. The first-order chi connectivity index (χ1) is 9.54. The second-order valence-electron chi connectivity index (χ2n) is 4.54. The fourth-order valence-corrected chi connectivity index (χ4v) is 2.36. The van der Waals surface area contributed by atoms with Gasteiger partial charge in [0.2, 0.25) is 0 Å². The molecule has 0 unspecified atom stereocenters. The van der Waals surface area contributed by atoms with Gasteiger partial charge in [0.15, 0.2) is 0 Å². The van der Waals surface area contributed by atoms with Crippen LogP contribution in [0.5, 0.6) is 0 Å². The average Bonchev–Trinajstić information content (AvgIpc) is 2.70. The van der Waals surface area contributed by atoms with Crippen LogP contribution < -0.4 is 5.32 Å². The number of hydrogen-bond donors (Lipinski definition) is 1. The highest BCUT2D eigenvalue weighted by molar-refractivity contribution is 6.54. The SMILES string of the molecule is Cc1ccc(N=C2C(=O)Nc3ccc(Cl)cc32)cc1Cl. The number of rotatable bonds is 1. The van der Waals surface area contributed by atoms with Crippen molar-refractivity contribution in [1.29, 1.82) is 0 Å². The van der Waals surface area contributed by atoms with E-state index < -0.39 is 0 Å². The van der Waals surface area contributed by atoms with Crippen LogP contribution in [0.15, 0.2) is 41.4 Å². The van der Waals surface area contributed by atoms with Gasteiger partial charge in [0.1, 0.15) is 5.71 Å². The molecule has 1 aliphatic heterocycles. The lowest BCUT2D eigenvalue weighted by Crippen LogP contribution is -2.13. The van der Waals surface area contributed by atoms with Crippen molar-refractivity contribution in [3.8, 4) is 0 Å². The third-order valence-electron chi connectivity index (χ3n) is 3.10. The molecule has 20 heavy (non-hydrogen) atoms. The Morgan fingerprint density at radius 2 is 1.90 bits per heavy atom. The van der Waals surface area contributed by atoms with Crippen LogP contribution in [-0.4, -0.2) is 11.6 Å². The van der Waals surface area contributed by atoms with Crippen LogP contribution >= 0.6 is 23.2 Å². The summed E-state index contributed by atoms with van der Waals surface area (Å²) in [6.45, 7) is 1.91. The molecule has 0 atom stereocenters. The molecule has 3 nitrogen and oxygen atoms in total. The highest BCUT2D eigenvalue weighted by Crippen LogP contribution is 2.29. The minimum Gasteiger partial charge on any atom is -0.320 e. The maximum Gasteiger partial charge on any atom is 0.275 e. The van der Waals surface area contributed by atoms with Gasteiger partial charge in [-0.2, -0.15) is 0 Å². The summed E-state index contributed by atoms with van der Waals surface area (Å²) in [6, 6.07) is 10.6. The largest absolute Gasteiger partial charge is 0.320 e. The molecule has 0 saturated carbocycles. The molecule has 0 aliphatic carbocycles. The van der Waals surface area contributed by atoms with Gasteiger partial charge >= 0.3 is 0 Å². The summed E-state index contributed by atoms with van der Waals surface area (Å²) in [5.74, 6) is -0.237. The van der Waals surface area contributed by atoms with Crippen molar-refractivity contribution >= 4 is 46.2 Å². The van der Waals surface area contributed by atoms with E-state index >= 15 is 0 Å². The molecule has 0 saturated heterocycles. The molecule has 2 aromatic rings. The second kappa shape index (κ2) is 4.93. The van der Waals surface area contributed by atoms with Crippen molar-refractivity contribution < 1.29 is 4.79 Å². The molecular formula is C15H10Cl2N2O. The molecule has 0 aromatic heterocycles. The van der Waals surface area contributed by atoms with Gasteiger partial charge in [-0.25, -0.2) is 4.99 Å². The van der Waals surface area contributed by atoms with Crippen molar-refractivity contribution in [1.82, 2.24) is 0 Å². The third kappa shape index (κ3) is 2.30. The number of amides is 1. The minimum absolute atomic E-state index is 0.237. The maximum absolute atomic E-state index is 12.0. The number of halogens is 2. The van der Waals surface area contributed by atoms with Crippen LogP contribution in [0.3, 0.4) is 0 Å². The molecule has 0 fully saturated rings. The van der Waals surface area contributed by atoms with Crippen molar-refractivity contribution in [2.45, 2.75) is 6.92 Å². The van der Waals surface area contributed by atoms with Crippen molar-refractivity contribution in [3.63, 3.8) is 0 Å². The van der Waals surface area contributed by atoms with Crippen LogP contribution in [-0.2, 0) is 4.79 Å². The molecule has 0 radical (unpaired) electrons. The second-order valence-corrected chi connectivity index (χ2v) is 5.38. The van der Waals surface area contributed by atoms with Crippen LogP contribution in [0.4, 0.5) is 11.4 Å². The van der Waals surface area contributed by atoms with E-state index in [2.05, 4.69) is 10.3 Å². The van der Waals surface area contributed by atoms with Crippen molar-refractivity contribution in [2.75, 3.05) is 5.32 Å². The van der Waals surface area contributed by atoms with E-state index in [0.29, 0.717) is 27.0 Å². The molecule has 1 heterocycles. The smallest absolute Gasteiger partial charge is 0.275 e. The fraction of sp³-hybridized carbons (Fsp3) is 0.0667. The molecule has 0 spiro atoms. The van der Waals surface area contributed by atoms with E-state index in [4.69, 9.17) is 23.2 Å². The standard InChI is InChI=1S/C15H10Cl2N2O/c1-8-2-4-10(7-12(8)17)18-14-11-6-9(16)3-5-13(11)19-15(14)20/h2-7H,1H3,(H,18,19,20). The Kier molecular flexibility index (Phi) is 3.24. The zero-order valence-corrected chi connectivity index (χ0v) is 12.1. The monoisotopic (exact) mass is 304 g/mol. The quantitative estimate of drug-likeness (QED) is 0.835. The van der Waals surface area contributed by atoms with Gasteiger partial charge in [-0.05, 0) is 42.8 Å². The summed E-state index contributed by atoms with van der Waals surface area (Å²) in [4.78, 5) is 16.4. The lowest BCUT2D eigenvalue weighted by Gasteiger charge is -2.01. The van der Waals surface area contributed by atoms with Crippen LogP contribution in [0.1, 0.15) is 11.1 Å². The normalized spacial score (nSPS) is 15.3. The summed E-state index contributed by atoms with van der Waals surface area (Å²) < 4.78 is 0. The van der Waals surface area contributed by atoms with E-state index in [1.807, 2.05) is 19.1 Å². The van der Waals surface area contributed by atoms with E-state index in [1.165, 1.54) is 0 Å². The number of aliphatic imine (C=N–C) groups is 1. The maximum atomic E-state index is 12.0. The van der Waals surface area contributed by atoms with E-state index in [-0.39, 0.29) is 5.91 Å². The number of anilines is 1. The van der Waals surface area contributed by atoms with E-state index in [0.717, 1.165) is 11.3 Å². The Morgan fingerprint density at radius 1 is 1.10 bits per heavy atom. The Labute approximate surface area is 126 Å². The molecule has 100 valence electrons. The molecule has 1 aliphatic rings. The molecule has 1 amide bonds. The average molecular weight is 305 g/mol. The first-order valence-corrected chi connectivity index (χ1v) is 6.76. The number of carbonyl (C=O) groups excluding carboxylic acids is 1. The van der Waals surface area contributed by atoms with Gasteiger partial charge in [-0.3, -0.25) is 4.79 Å². The third-order valence-corrected chi connectivity index (χ3v) is 3.74.